The summed E-state index contributed by atoms with van der Waals surface area (Å²) in [7, 11) is 0. The average Bonchev–Trinajstić information content (AvgIpc) is 2.77. The number of thioether (sulfide) groups is 1. The van der Waals surface area contributed by atoms with Gasteiger partial charge in [0, 0.05) is 31.3 Å². The number of hydrogen-bond donors (Lipinski definition) is 0. The summed E-state index contributed by atoms with van der Waals surface area (Å²) >= 11 is 1.32. The zero-order valence-electron chi connectivity index (χ0n) is 12.3. The Balaban J connectivity index is 2.14. The molecule has 0 saturated carbocycles. The lowest BCUT2D eigenvalue weighted by Crippen LogP contribution is -2.26. The van der Waals surface area contributed by atoms with Gasteiger partial charge >= 0.3 is 0 Å². The molecule has 1 fully saturated rings. The topological polar surface area (TPSA) is 37.4 Å². The molecule has 1 aliphatic rings. The molecule has 0 bridgehead atoms. The SMILES string of the molecule is CC(=O)SCC1CC(=O)N(c2ccccc2C(C)C)C1. The van der Waals surface area contributed by atoms with Crippen LogP contribution >= 0.6 is 11.8 Å². The van der Waals surface area contributed by atoms with Crippen molar-refractivity contribution in [2.24, 2.45) is 5.92 Å². The Morgan fingerprint density at radius 1 is 1.40 bits per heavy atom. The number of rotatable bonds is 4. The van der Waals surface area contributed by atoms with Crippen LogP contribution in [-0.4, -0.2) is 23.3 Å². The van der Waals surface area contributed by atoms with Gasteiger partial charge in [0.15, 0.2) is 5.12 Å². The minimum Gasteiger partial charge on any atom is -0.312 e. The summed E-state index contributed by atoms with van der Waals surface area (Å²) in [5.74, 6) is 1.58. The Bertz CT molecular complexity index is 513. The van der Waals surface area contributed by atoms with Crippen LogP contribution in [0.5, 0.6) is 0 Å². The first kappa shape index (κ1) is 15.1. The molecule has 0 aromatic heterocycles. The van der Waals surface area contributed by atoms with E-state index in [1.54, 1.807) is 6.92 Å². The third-order valence-electron chi connectivity index (χ3n) is 3.58. The number of para-hydroxylation sites is 1. The minimum absolute atomic E-state index is 0.124. The zero-order valence-corrected chi connectivity index (χ0v) is 13.1. The van der Waals surface area contributed by atoms with Gasteiger partial charge in [-0.2, -0.15) is 0 Å². The average molecular weight is 291 g/mol. The van der Waals surface area contributed by atoms with Crippen molar-refractivity contribution in [3.8, 4) is 0 Å². The van der Waals surface area contributed by atoms with Gasteiger partial charge in [0.25, 0.3) is 0 Å². The van der Waals surface area contributed by atoms with E-state index in [-0.39, 0.29) is 16.9 Å². The van der Waals surface area contributed by atoms with Crippen molar-refractivity contribution in [3.63, 3.8) is 0 Å². The maximum atomic E-state index is 12.2. The summed E-state index contributed by atoms with van der Waals surface area (Å²) < 4.78 is 0. The summed E-state index contributed by atoms with van der Waals surface area (Å²) in [5.41, 5.74) is 2.24. The lowest BCUT2D eigenvalue weighted by Gasteiger charge is -2.22. The normalized spacial score (nSPS) is 18.9. The van der Waals surface area contributed by atoms with Crippen LogP contribution in [0.3, 0.4) is 0 Å². The zero-order chi connectivity index (χ0) is 14.7. The lowest BCUT2D eigenvalue weighted by molar-refractivity contribution is -0.117. The highest BCUT2D eigenvalue weighted by Crippen LogP contribution is 2.32. The predicted molar refractivity (Wildman–Crippen MR) is 84.1 cm³/mol. The van der Waals surface area contributed by atoms with Crippen molar-refractivity contribution >= 4 is 28.5 Å². The van der Waals surface area contributed by atoms with Crippen LogP contribution in [0.4, 0.5) is 5.69 Å². The molecule has 3 nitrogen and oxygen atoms in total. The van der Waals surface area contributed by atoms with Gasteiger partial charge in [0.05, 0.1) is 0 Å². The Morgan fingerprint density at radius 3 is 2.75 bits per heavy atom. The second-order valence-corrected chi connectivity index (χ2v) is 6.79. The highest BCUT2D eigenvalue weighted by molar-refractivity contribution is 8.13. The van der Waals surface area contributed by atoms with Crippen LogP contribution in [0.25, 0.3) is 0 Å². The van der Waals surface area contributed by atoms with E-state index in [9.17, 15) is 9.59 Å². The van der Waals surface area contributed by atoms with Crippen molar-refractivity contribution in [2.45, 2.75) is 33.1 Å². The van der Waals surface area contributed by atoms with E-state index >= 15 is 0 Å². The second kappa shape index (κ2) is 6.44. The number of carbonyl (C=O) groups is 2. The van der Waals surface area contributed by atoms with Gasteiger partial charge in [-0.25, -0.2) is 0 Å². The molecule has 0 spiro atoms. The second-order valence-electron chi connectivity index (χ2n) is 5.59. The first-order valence-corrected chi connectivity index (χ1v) is 8.00. The molecule has 1 unspecified atom stereocenters. The van der Waals surface area contributed by atoms with Crippen molar-refractivity contribution < 1.29 is 9.59 Å². The fraction of sp³-hybridized carbons (Fsp3) is 0.500. The van der Waals surface area contributed by atoms with Crippen LogP contribution in [0.1, 0.15) is 38.7 Å². The monoisotopic (exact) mass is 291 g/mol. The Kier molecular flexibility index (Phi) is 4.86. The van der Waals surface area contributed by atoms with Crippen LogP contribution < -0.4 is 4.90 Å². The summed E-state index contributed by atoms with van der Waals surface area (Å²) in [6.07, 6.45) is 0.548. The standard InChI is InChI=1S/C16H21NO2S/c1-11(2)14-6-4-5-7-15(14)17-9-13(8-16(17)19)10-20-12(3)18/h4-7,11,13H,8-10H2,1-3H3. The molecular weight excluding hydrogens is 270 g/mol. The molecule has 0 aliphatic carbocycles. The molecule has 1 atom stereocenters. The fourth-order valence-electron chi connectivity index (χ4n) is 2.58. The molecular formula is C16H21NO2S. The van der Waals surface area contributed by atoms with E-state index in [1.807, 2.05) is 23.1 Å². The lowest BCUT2D eigenvalue weighted by atomic mass is 10.0. The molecule has 2 rings (SSSR count). The number of amides is 1. The number of carbonyl (C=O) groups excluding carboxylic acids is 2. The van der Waals surface area contributed by atoms with Crippen LogP contribution in [0.15, 0.2) is 24.3 Å². The van der Waals surface area contributed by atoms with E-state index in [2.05, 4.69) is 19.9 Å². The Morgan fingerprint density at radius 2 is 2.10 bits per heavy atom. The summed E-state index contributed by atoms with van der Waals surface area (Å²) in [4.78, 5) is 25.2. The minimum atomic E-state index is 0.124. The van der Waals surface area contributed by atoms with Gasteiger partial charge in [0.1, 0.15) is 0 Å². The van der Waals surface area contributed by atoms with Gasteiger partial charge in [0.2, 0.25) is 5.91 Å². The van der Waals surface area contributed by atoms with Crippen LogP contribution in [0.2, 0.25) is 0 Å². The summed E-state index contributed by atoms with van der Waals surface area (Å²) in [6.45, 7) is 6.58. The molecule has 1 saturated heterocycles. The molecule has 1 amide bonds. The third kappa shape index (κ3) is 3.42. The molecule has 20 heavy (non-hydrogen) atoms. The van der Waals surface area contributed by atoms with Crippen molar-refractivity contribution in [2.75, 3.05) is 17.2 Å². The van der Waals surface area contributed by atoms with E-state index in [4.69, 9.17) is 0 Å². The molecule has 0 N–H and O–H groups in total. The maximum Gasteiger partial charge on any atom is 0.227 e. The first-order chi connectivity index (χ1) is 9.49. The maximum absolute atomic E-state index is 12.2. The smallest absolute Gasteiger partial charge is 0.227 e. The quantitative estimate of drug-likeness (QED) is 0.852. The van der Waals surface area contributed by atoms with Crippen LogP contribution in [-0.2, 0) is 9.59 Å². The number of benzene rings is 1. The van der Waals surface area contributed by atoms with Gasteiger partial charge in [-0.3, -0.25) is 9.59 Å². The van der Waals surface area contributed by atoms with Crippen molar-refractivity contribution in [1.82, 2.24) is 0 Å². The van der Waals surface area contributed by atoms with Gasteiger partial charge in [-0.15, -0.1) is 0 Å². The van der Waals surface area contributed by atoms with Crippen molar-refractivity contribution in [3.05, 3.63) is 29.8 Å². The van der Waals surface area contributed by atoms with E-state index in [1.165, 1.54) is 17.3 Å². The fourth-order valence-corrected chi connectivity index (χ4v) is 3.28. The van der Waals surface area contributed by atoms with Gasteiger partial charge in [-0.05, 0) is 23.5 Å². The number of anilines is 1. The molecule has 1 heterocycles. The largest absolute Gasteiger partial charge is 0.312 e. The molecule has 4 heteroatoms. The number of nitrogens with zero attached hydrogens (tertiary/aromatic N) is 1. The van der Waals surface area contributed by atoms with Gasteiger partial charge < -0.3 is 4.90 Å². The van der Waals surface area contributed by atoms with E-state index in [0.29, 0.717) is 12.3 Å². The summed E-state index contributed by atoms with van der Waals surface area (Å²) in [6, 6.07) is 8.10. The highest BCUT2D eigenvalue weighted by atomic mass is 32.2. The predicted octanol–water partition coefficient (Wildman–Crippen LogP) is 3.44. The molecule has 1 aliphatic heterocycles. The van der Waals surface area contributed by atoms with E-state index in [0.717, 1.165) is 18.0 Å². The highest BCUT2D eigenvalue weighted by Gasteiger charge is 2.32. The van der Waals surface area contributed by atoms with E-state index < -0.39 is 0 Å². The molecule has 1 aromatic rings. The Labute approximate surface area is 124 Å². The third-order valence-corrected chi connectivity index (χ3v) is 4.62. The Hall–Kier alpha value is -1.29. The van der Waals surface area contributed by atoms with Gasteiger partial charge in [-0.1, -0.05) is 43.8 Å². The summed E-state index contributed by atoms with van der Waals surface area (Å²) in [5, 5.41) is 0.124. The van der Waals surface area contributed by atoms with Crippen molar-refractivity contribution in [1.29, 1.82) is 0 Å². The number of hydrogen-bond acceptors (Lipinski definition) is 3. The molecule has 0 radical (unpaired) electrons. The van der Waals surface area contributed by atoms with Crippen LogP contribution in [0, 0.1) is 5.92 Å². The molecule has 1 aromatic carbocycles. The molecule has 108 valence electrons. The first-order valence-electron chi connectivity index (χ1n) is 7.01.